The zero-order valence-electron chi connectivity index (χ0n) is 10.6. The van der Waals surface area contributed by atoms with Crippen molar-refractivity contribution < 1.29 is 14.0 Å². The van der Waals surface area contributed by atoms with Gasteiger partial charge in [0.2, 0.25) is 0 Å². The molecule has 0 bridgehead atoms. The molecular formula is C15H8ClFINO2. The molecule has 0 saturated heterocycles. The molecule has 2 aromatic carbocycles. The van der Waals surface area contributed by atoms with Crippen LogP contribution in [0.2, 0.25) is 5.02 Å². The van der Waals surface area contributed by atoms with E-state index in [1.807, 2.05) is 0 Å². The van der Waals surface area contributed by atoms with E-state index in [1.54, 1.807) is 18.2 Å². The number of carbonyl (C=O) groups excluding carboxylic acids is 2. The second-order valence-corrected chi connectivity index (χ2v) is 6.29. The third kappa shape index (κ3) is 2.55. The Labute approximate surface area is 138 Å². The van der Waals surface area contributed by atoms with E-state index < -0.39 is 5.82 Å². The van der Waals surface area contributed by atoms with Gasteiger partial charge in [0.25, 0.3) is 11.8 Å². The summed E-state index contributed by atoms with van der Waals surface area (Å²) in [6.07, 6.45) is 0. The number of halogens is 3. The lowest BCUT2D eigenvalue weighted by atomic mass is 10.1. The lowest BCUT2D eigenvalue weighted by Crippen LogP contribution is -2.29. The highest BCUT2D eigenvalue weighted by molar-refractivity contribution is 14.1. The number of hydrogen-bond acceptors (Lipinski definition) is 2. The standard InChI is InChI=1S/C15H8ClFINO2/c16-12-5-8(1-4-13(12)17)7-19-14(20)10-3-2-9(18)6-11(10)15(19)21/h1-6H,7H2. The smallest absolute Gasteiger partial charge is 0.261 e. The maximum absolute atomic E-state index is 13.1. The summed E-state index contributed by atoms with van der Waals surface area (Å²) in [6, 6.07) is 9.27. The van der Waals surface area contributed by atoms with Crippen molar-refractivity contribution in [2.24, 2.45) is 0 Å². The lowest BCUT2D eigenvalue weighted by molar-refractivity contribution is 0.0642. The van der Waals surface area contributed by atoms with E-state index in [9.17, 15) is 14.0 Å². The molecule has 106 valence electrons. The van der Waals surface area contributed by atoms with Gasteiger partial charge in [-0.2, -0.15) is 0 Å². The van der Waals surface area contributed by atoms with Gasteiger partial charge in [-0.25, -0.2) is 4.39 Å². The first-order valence-corrected chi connectivity index (χ1v) is 7.52. The third-order valence-corrected chi connectivity index (χ3v) is 4.22. The molecule has 3 rings (SSSR count). The molecule has 1 heterocycles. The molecule has 1 aliphatic rings. The summed E-state index contributed by atoms with van der Waals surface area (Å²) in [5.74, 6) is -1.21. The minimum atomic E-state index is -0.530. The van der Waals surface area contributed by atoms with Crippen molar-refractivity contribution in [3.8, 4) is 0 Å². The summed E-state index contributed by atoms with van der Waals surface area (Å²) in [4.78, 5) is 25.7. The largest absolute Gasteiger partial charge is 0.270 e. The number of amides is 2. The molecule has 0 unspecified atom stereocenters. The minimum Gasteiger partial charge on any atom is -0.270 e. The number of carbonyl (C=O) groups is 2. The molecule has 0 N–H and O–H groups in total. The van der Waals surface area contributed by atoms with Crippen LogP contribution in [-0.2, 0) is 6.54 Å². The van der Waals surface area contributed by atoms with Crippen LogP contribution in [0.5, 0.6) is 0 Å². The van der Waals surface area contributed by atoms with Crippen LogP contribution < -0.4 is 0 Å². The molecule has 2 aromatic rings. The molecule has 0 aromatic heterocycles. The fourth-order valence-corrected chi connectivity index (χ4v) is 2.92. The fraction of sp³-hybridized carbons (Fsp3) is 0.0667. The van der Waals surface area contributed by atoms with Crippen LogP contribution in [0.4, 0.5) is 4.39 Å². The van der Waals surface area contributed by atoms with Crippen molar-refractivity contribution in [3.05, 3.63) is 67.5 Å². The van der Waals surface area contributed by atoms with Crippen molar-refractivity contribution in [1.29, 1.82) is 0 Å². The number of rotatable bonds is 2. The topological polar surface area (TPSA) is 37.4 Å². The van der Waals surface area contributed by atoms with Gasteiger partial charge in [-0.3, -0.25) is 14.5 Å². The summed E-state index contributed by atoms with van der Waals surface area (Å²) in [5.41, 5.74) is 1.40. The third-order valence-electron chi connectivity index (χ3n) is 3.26. The van der Waals surface area contributed by atoms with Crippen molar-refractivity contribution in [1.82, 2.24) is 4.90 Å². The minimum absolute atomic E-state index is 0.0290. The SMILES string of the molecule is O=C1c2ccc(I)cc2C(=O)N1Cc1ccc(F)c(Cl)c1. The van der Waals surface area contributed by atoms with Crippen molar-refractivity contribution in [3.63, 3.8) is 0 Å². The Morgan fingerprint density at radius 3 is 2.48 bits per heavy atom. The molecular weight excluding hydrogens is 408 g/mol. The summed E-state index contributed by atoms with van der Waals surface area (Å²) >= 11 is 7.81. The number of fused-ring (bicyclic) bond motifs is 1. The van der Waals surface area contributed by atoms with E-state index in [0.29, 0.717) is 16.7 Å². The number of hydrogen-bond donors (Lipinski definition) is 0. The quantitative estimate of drug-likeness (QED) is 0.551. The van der Waals surface area contributed by atoms with Crippen LogP contribution in [-0.4, -0.2) is 16.7 Å². The van der Waals surface area contributed by atoms with Crippen molar-refractivity contribution in [2.45, 2.75) is 6.54 Å². The molecule has 2 amide bonds. The number of imide groups is 1. The molecule has 0 fully saturated rings. The highest BCUT2D eigenvalue weighted by atomic mass is 127. The van der Waals surface area contributed by atoms with Crippen molar-refractivity contribution in [2.75, 3.05) is 0 Å². The Kier molecular flexibility index (Phi) is 3.71. The van der Waals surface area contributed by atoms with Gasteiger partial charge < -0.3 is 0 Å². The van der Waals surface area contributed by atoms with Gasteiger partial charge in [0, 0.05) is 3.57 Å². The van der Waals surface area contributed by atoms with Crippen LogP contribution in [0.3, 0.4) is 0 Å². The second kappa shape index (κ2) is 5.38. The van der Waals surface area contributed by atoms with Gasteiger partial charge in [0.1, 0.15) is 5.82 Å². The molecule has 21 heavy (non-hydrogen) atoms. The van der Waals surface area contributed by atoms with Crippen LogP contribution >= 0.6 is 34.2 Å². The van der Waals surface area contributed by atoms with Crippen LogP contribution in [0, 0.1) is 9.39 Å². The lowest BCUT2D eigenvalue weighted by Gasteiger charge is -2.14. The first-order chi connectivity index (χ1) is 9.97. The summed E-state index contributed by atoms with van der Waals surface area (Å²) in [5, 5.41) is -0.0290. The summed E-state index contributed by atoms with van der Waals surface area (Å²) in [7, 11) is 0. The molecule has 0 aliphatic carbocycles. The highest BCUT2D eigenvalue weighted by Crippen LogP contribution is 2.27. The van der Waals surface area contributed by atoms with Gasteiger partial charge in [-0.05, 0) is 58.5 Å². The summed E-state index contributed by atoms with van der Waals surface area (Å²) in [6.45, 7) is 0.0723. The van der Waals surface area contributed by atoms with Crippen LogP contribution in [0.25, 0.3) is 0 Å². The second-order valence-electron chi connectivity index (χ2n) is 4.63. The average molecular weight is 416 g/mol. The molecule has 0 spiro atoms. The number of benzene rings is 2. The Morgan fingerprint density at radius 2 is 1.76 bits per heavy atom. The monoisotopic (exact) mass is 415 g/mol. The molecule has 0 saturated carbocycles. The maximum atomic E-state index is 13.1. The van der Waals surface area contributed by atoms with E-state index in [-0.39, 0.29) is 23.4 Å². The Balaban J connectivity index is 1.93. The van der Waals surface area contributed by atoms with E-state index in [0.717, 1.165) is 8.47 Å². The molecule has 6 heteroatoms. The predicted octanol–water partition coefficient (Wildman–Crippen LogP) is 3.88. The van der Waals surface area contributed by atoms with E-state index in [4.69, 9.17) is 11.6 Å². The van der Waals surface area contributed by atoms with E-state index >= 15 is 0 Å². The predicted molar refractivity (Wildman–Crippen MR) is 84.8 cm³/mol. The first-order valence-electron chi connectivity index (χ1n) is 6.07. The van der Waals surface area contributed by atoms with Gasteiger partial charge in [0.15, 0.2) is 0 Å². The van der Waals surface area contributed by atoms with Gasteiger partial charge >= 0.3 is 0 Å². The van der Waals surface area contributed by atoms with E-state index in [2.05, 4.69) is 22.6 Å². The maximum Gasteiger partial charge on any atom is 0.261 e. The highest BCUT2D eigenvalue weighted by Gasteiger charge is 2.35. The van der Waals surface area contributed by atoms with E-state index in [1.165, 1.54) is 18.2 Å². The Morgan fingerprint density at radius 1 is 1.05 bits per heavy atom. The Bertz CT molecular complexity index is 778. The normalized spacial score (nSPS) is 13.8. The van der Waals surface area contributed by atoms with Crippen LogP contribution in [0.15, 0.2) is 36.4 Å². The zero-order chi connectivity index (χ0) is 15.1. The van der Waals surface area contributed by atoms with Gasteiger partial charge in [-0.15, -0.1) is 0 Å². The van der Waals surface area contributed by atoms with Gasteiger partial charge in [0.05, 0.1) is 22.7 Å². The Hall–Kier alpha value is -1.47. The zero-order valence-corrected chi connectivity index (χ0v) is 13.5. The first kappa shape index (κ1) is 14.5. The fourth-order valence-electron chi connectivity index (χ4n) is 2.23. The molecule has 3 nitrogen and oxygen atoms in total. The van der Waals surface area contributed by atoms with Gasteiger partial charge in [-0.1, -0.05) is 17.7 Å². The molecule has 1 aliphatic heterocycles. The average Bonchev–Trinajstić information content (AvgIpc) is 2.68. The van der Waals surface area contributed by atoms with Crippen molar-refractivity contribution >= 4 is 46.0 Å². The molecule has 0 radical (unpaired) electrons. The molecule has 0 atom stereocenters. The number of nitrogens with zero attached hydrogens (tertiary/aromatic N) is 1. The van der Waals surface area contributed by atoms with Crippen LogP contribution in [0.1, 0.15) is 26.3 Å². The summed E-state index contributed by atoms with van der Waals surface area (Å²) < 4.78 is 14.0.